The van der Waals surface area contributed by atoms with E-state index in [0.29, 0.717) is 0 Å². The Balaban J connectivity index is 2.48. The molecule has 2 aromatic heterocycles. The SMILES string of the molecule is c1c[pH]c(-c2pcc[pH]2)p1. The van der Waals surface area contributed by atoms with E-state index in [1.807, 2.05) is 0 Å². The average Bonchev–Trinajstić information content (AvgIpc) is 2.59. The van der Waals surface area contributed by atoms with E-state index < -0.39 is 0 Å². The molecule has 2 unspecified atom stereocenters. The van der Waals surface area contributed by atoms with Crippen LogP contribution < -0.4 is 0 Å². The predicted octanol–water partition coefficient (Wildman–Crippen LogP) is 4.58. The lowest BCUT2D eigenvalue weighted by Gasteiger charge is -1.85. The van der Waals surface area contributed by atoms with E-state index in [4.69, 9.17) is 0 Å². The van der Waals surface area contributed by atoms with Crippen LogP contribution >= 0.6 is 32.8 Å². The molecule has 0 nitrogen and oxygen atoms in total. The smallest absolute Gasteiger partial charge is 0.0336 e. The summed E-state index contributed by atoms with van der Waals surface area (Å²) in [5.41, 5.74) is 0. The van der Waals surface area contributed by atoms with Gasteiger partial charge in [0.2, 0.25) is 0 Å². The topological polar surface area (TPSA) is 0 Å². The minimum absolute atomic E-state index is 0.980. The van der Waals surface area contributed by atoms with Crippen molar-refractivity contribution in [3.63, 3.8) is 0 Å². The van der Waals surface area contributed by atoms with E-state index >= 15 is 0 Å². The van der Waals surface area contributed by atoms with E-state index in [1.54, 1.807) is 10.1 Å². The summed E-state index contributed by atoms with van der Waals surface area (Å²) in [7, 11) is 4.88. The first kappa shape index (κ1) is 7.09. The zero-order valence-corrected chi connectivity index (χ0v) is 8.99. The van der Waals surface area contributed by atoms with Gasteiger partial charge in [-0.05, 0) is 23.2 Å². The lowest BCUT2D eigenvalue weighted by atomic mass is 10.9. The van der Waals surface area contributed by atoms with Gasteiger partial charge in [-0.2, -0.15) is 0 Å². The van der Waals surface area contributed by atoms with Crippen LogP contribution in [0.1, 0.15) is 0 Å². The van der Waals surface area contributed by atoms with Crippen molar-refractivity contribution in [1.82, 2.24) is 0 Å². The molecule has 50 valence electrons. The first-order valence-electron chi connectivity index (χ1n) is 2.96. The molecule has 0 aliphatic heterocycles. The molecular weight excluding hydrogens is 196 g/mol. The standard InChI is InChI=1S/C6H6P4/c1-2-8-5(7-1)6-9-3-4-10-6/h1-4,7,9H. The molecule has 0 saturated heterocycles. The molecule has 0 aliphatic rings. The molecule has 0 fully saturated rings. The fourth-order valence-corrected chi connectivity index (χ4v) is 6.16. The molecule has 0 bridgehead atoms. The zero-order valence-electron chi connectivity index (χ0n) is 5.20. The minimum atomic E-state index is 0.980. The molecule has 2 aromatic rings. The fraction of sp³-hybridized carbons (Fsp3) is 0. The van der Waals surface area contributed by atoms with Crippen LogP contribution in [0, 0.1) is 0 Å². The molecule has 0 aliphatic carbocycles. The number of hydrogen-bond acceptors (Lipinski definition) is 0. The monoisotopic (exact) mass is 202 g/mol. The zero-order chi connectivity index (χ0) is 6.81. The Hall–Kier alpha value is 0.420. The molecular formula is C6H6P4. The second kappa shape index (κ2) is 3.21. The van der Waals surface area contributed by atoms with Gasteiger partial charge in [-0.1, -0.05) is 16.4 Å². The lowest BCUT2D eigenvalue weighted by Crippen LogP contribution is -1.40. The van der Waals surface area contributed by atoms with Crippen molar-refractivity contribution in [2.24, 2.45) is 0 Å². The Morgan fingerprint density at radius 2 is 1.40 bits per heavy atom. The van der Waals surface area contributed by atoms with E-state index in [-0.39, 0.29) is 0 Å². The highest BCUT2D eigenvalue weighted by Gasteiger charge is 1.95. The van der Waals surface area contributed by atoms with E-state index in [1.165, 1.54) is 16.4 Å². The maximum Gasteiger partial charge on any atom is 0.0336 e. The molecule has 10 heavy (non-hydrogen) atoms. The van der Waals surface area contributed by atoms with Gasteiger partial charge >= 0.3 is 0 Å². The van der Waals surface area contributed by atoms with Crippen LogP contribution in [0.3, 0.4) is 0 Å². The molecule has 4 heteroatoms. The summed E-state index contributed by atoms with van der Waals surface area (Å²) in [6.07, 6.45) is 0. The van der Waals surface area contributed by atoms with Crippen LogP contribution in [0.2, 0.25) is 0 Å². The van der Waals surface area contributed by atoms with Gasteiger partial charge in [-0.25, -0.2) is 0 Å². The van der Waals surface area contributed by atoms with Gasteiger partial charge in [0.15, 0.2) is 0 Å². The van der Waals surface area contributed by atoms with Crippen molar-refractivity contribution >= 4 is 32.8 Å². The molecule has 0 saturated carbocycles. The summed E-state index contributed by atoms with van der Waals surface area (Å²) in [5.74, 6) is 9.11. The van der Waals surface area contributed by atoms with Crippen molar-refractivity contribution in [3.05, 3.63) is 23.2 Å². The highest BCUT2D eigenvalue weighted by Crippen LogP contribution is 2.45. The van der Waals surface area contributed by atoms with Crippen LogP contribution in [0.25, 0.3) is 10.1 Å². The molecule has 0 radical (unpaired) electrons. The summed E-state index contributed by atoms with van der Waals surface area (Å²) >= 11 is 0. The molecule has 2 heterocycles. The molecule has 2 atom stereocenters. The Morgan fingerprint density at radius 1 is 0.900 bits per heavy atom. The maximum atomic E-state index is 2.29. The van der Waals surface area contributed by atoms with Crippen LogP contribution in [0.5, 0.6) is 0 Å². The van der Waals surface area contributed by atoms with Crippen molar-refractivity contribution in [1.29, 1.82) is 0 Å². The Bertz CT molecular complexity index is 249. The van der Waals surface area contributed by atoms with Gasteiger partial charge in [0.05, 0.1) is 0 Å². The highest BCUT2D eigenvalue weighted by molar-refractivity contribution is 7.61. The molecule has 2 rings (SSSR count). The largest absolute Gasteiger partial charge is 0.126 e. The van der Waals surface area contributed by atoms with Crippen molar-refractivity contribution in [3.8, 4) is 10.1 Å². The Morgan fingerprint density at radius 3 is 1.70 bits per heavy atom. The third-order valence-electron chi connectivity index (χ3n) is 1.22. The normalized spacial score (nSPS) is 13.2. The van der Waals surface area contributed by atoms with Crippen molar-refractivity contribution in [2.45, 2.75) is 0 Å². The van der Waals surface area contributed by atoms with E-state index in [9.17, 15) is 0 Å². The number of rotatable bonds is 1. The van der Waals surface area contributed by atoms with Gasteiger partial charge in [0.25, 0.3) is 0 Å². The minimum Gasteiger partial charge on any atom is -0.126 e. The second-order valence-corrected chi connectivity index (χ2v) is 6.97. The van der Waals surface area contributed by atoms with E-state index in [2.05, 4.69) is 23.2 Å². The van der Waals surface area contributed by atoms with Gasteiger partial charge in [-0.15, -0.1) is 16.4 Å². The van der Waals surface area contributed by atoms with Gasteiger partial charge in [-0.3, -0.25) is 0 Å². The molecule has 0 aromatic carbocycles. The predicted molar refractivity (Wildman–Crippen MR) is 55.9 cm³/mol. The molecule has 0 amide bonds. The summed E-state index contributed by atoms with van der Waals surface area (Å²) in [4.78, 5) is 0. The van der Waals surface area contributed by atoms with Crippen LogP contribution in [0.4, 0.5) is 0 Å². The van der Waals surface area contributed by atoms with Crippen molar-refractivity contribution in [2.75, 3.05) is 0 Å². The average molecular weight is 202 g/mol. The van der Waals surface area contributed by atoms with Gasteiger partial charge in [0, 0.05) is 10.1 Å². The summed E-state index contributed by atoms with van der Waals surface area (Å²) in [5, 5.41) is 3.34. The molecule has 0 spiro atoms. The van der Waals surface area contributed by atoms with E-state index in [0.717, 1.165) is 16.4 Å². The van der Waals surface area contributed by atoms with Crippen LogP contribution in [-0.2, 0) is 0 Å². The third kappa shape index (κ3) is 1.37. The fourth-order valence-electron chi connectivity index (χ4n) is 0.790. The van der Waals surface area contributed by atoms with Crippen LogP contribution in [0.15, 0.2) is 23.2 Å². The lowest BCUT2D eigenvalue weighted by molar-refractivity contribution is 2.39. The Labute approximate surface area is 66.5 Å². The second-order valence-electron chi connectivity index (χ2n) is 1.88. The van der Waals surface area contributed by atoms with Gasteiger partial charge < -0.3 is 0 Å². The van der Waals surface area contributed by atoms with Crippen LogP contribution in [-0.4, -0.2) is 0 Å². The number of hydrogen-bond donors (Lipinski definition) is 0. The van der Waals surface area contributed by atoms with Gasteiger partial charge in [0.1, 0.15) is 0 Å². The molecule has 0 N–H and O–H groups in total. The summed E-state index contributed by atoms with van der Waals surface area (Å²) in [6.45, 7) is 0. The Kier molecular flexibility index (Phi) is 2.28. The van der Waals surface area contributed by atoms with Crippen molar-refractivity contribution < 1.29 is 0 Å². The first-order chi connectivity index (χ1) is 4.97. The third-order valence-corrected chi connectivity index (χ3v) is 7.45. The maximum absolute atomic E-state index is 2.29. The summed E-state index contributed by atoms with van der Waals surface area (Å²) in [6, 6.07) is 0. The summed E-state index contributed by atoms with van der Waals surface area (Å²) < 4.78 is 0. The quantitative estimate of drug-likeness (QED) is 0.634. The highest BCUT2D eigenvalue weighted by atomic mass is 31.1. The first-order valence-corrected chi connectivity index (χ1v) is 7.04.